The number of benzene rings is 1. The molecular formula is C14H15N3O3. The third kappa shape index (κ3) is 1.45. The van der Waals surface area contributed by atoms with Gasteiger partial charge in [-0.3, -0.25) is 9.59 Å². The molecule has 0 aliphatic carbocycles. The molecule has 0 radical (unpaired) electrons. The Hall–Kier alpha value is -2.21. The van der Waals surface area contributed by atoms with Crippen molar-refractivity contribution in [2.24, 2.45) is 0 Å². The van der Waals surface area contributed by atoms with E-state index in [2.05, 4.69) is 9.97 Å². The maximum Gasteiger partial charge on any atom is 0.263 e. The Bertz CT molecular complexity index is 796. The summed E-state index contributed by atoms with van der Waals surface area (Å²) in [6.07, 6.45) is 0. The minimum atomic E-state index is -1.03. The first-order valence-electron chi connectivity index (χ1n) is 6.27. The van der Waals surface area contributed by atoms with Gasteiger partial charge in [-0.15, -0.1) is 0 Å². The molecule has 1 atom stereocenters. The van der Waals surface area contributed by atoms with Crippen molar-refractivity contribution in [2.75, 3.05) is 19.1 Å². The van der Waals surface area contributed by atoms with Gasteiger partial charge >= 0.3 is 0 Å². The second kappa shape index (κ2) is 3.89. The second-order valence-electron chi connectivity index (χ2n) is 5.14. The molecule has 20 heavy (non-hydrogen) atoms. The number of likely N-dealkylation sites (N-methyl/N-ethyl adjacent to an activating group) is 1. The summed E-state index contributed by atoms with van der Waals surface area (Å²) in [6, 6.07) is 3.45. The van der Waals surface area contributed by atoms with E-state index in [1.807, 2.05) is 0 Å². The number of carbonyl (C=O) groups is 1. The van der Waals surface area contributed by atoms with Crippen molar-refractivity contribution in [3.05, 3.63) is 33.9 Å². The maximum atomic E-state index is 12.3. The molecule has 1 amide bonds. The van der Waals surface area contributed by atoms with E-state index in [4.69, 9.17) is 4.74 Å². The largest absolute Gasteiger partial charge is 0.364 e. The molecule has 104 valence electrons. The Labute approximate surface area is 115 Å². The fraction of sp³-hybridized carbons (Fsp3) is 0.357. The van der Waals surface area contributed by atoms with Gasteiger partial charge in [-0.05, 0) is 26.0 Å². The first-order valence-corrected chi connectivity index (χ1v) is 6.27. The average Bonchev–Trinajstić information content (AvgIpc) is 2.60. The van der Waals surface area contributed by atoms with Crippen molar-refractivity contribution < 1.29 is 9.53 Å². The summed E-state index contributed by atoms with van der Waals surface area (Å²) in [5.41, 5.74) is 0.746. The number of methoxy groups -OCH3 is 1. The zero-order valence-electron chi connectivity index (χ0n) is 11.8. The van der Waals surface area contributed by atoms with Crippen LogP contribution in [0.25, 0.3) is 10.9 Å². The van der Waals surface area contributed by atoms with E-state index in [1.54, 1.807) is 33.0 Å². The van der Waals surface area contributed by atoms with Crippen LogP contribution in [0.2, 0.25) is 0 Å². The minimum Gasteiger partial charge on any atom is -0.364 e. The highest BCUT2D eigenvalue weighted by atomic mass is 16.5. The van der Waals surface area contributed by atoms with Gasteiger partial charge in [0.05, 0.1) is 16.6 Å². The van der Waals surface area contributed by atoms with Crippen LogP contribution in [0, 0.1) is 6.92 Å². The van der Waals surface area contributed by atoms with Gasteiger partial charge in [0.15, 0.2) is 5.60 Å². The molecule has 6 nitrogen and oxygen atoms in total. The molecule has 1 N–H and O–H groups in total. The molecule has 1 aromatic heterocycles. The number of amides is 1. The van der Waals surface area contributed by atoms with Gasteiger partial charge in [0.25, 0.3) is 11.5 Å². The number of rotatable bonds is 1. The molecule has 1 aliphatic heterocycles. The lowest BCUT2D eigenvalue weighted by atomic mass is 9.96. The van der Waals surface area contributed by atoms with Crippen molar-refractivity contribution in [1.29, 1.82) is 0 Å². The van der Waals surface area contributed by atoms with Crippen LogP contribution in [-0.4, -0.2) is 30.0 Å². The van der Waals surface area contributed by atoms with E-state index in [-0.39, 0.29) is 11.5 Å². The summed E-state index contributed by atoms with van der Waals surface area (Å²) in [5.74, 6) is 0.387. The molecule has 2 aromatic rings. The van der Waals surface area contributed by atoms with E-state index < -0.39 is 5.60 Å². The van der Waals surface area contributed by atoms with Crippen molar-refractivity contribution in [2.45, 2.75) is 19.4 Å². The number of H-pyrrole nitrogens is 1. The highest BCUT2D eigenvalue weighted by Crippen LogP contribution is 2.42. The molecule has 0 saturated heterocycles. The highest BCUT2D eigenvalue weighted by Gasteiger charge is 2.46. The number of anilines is 1. The van der Waals surface area contributed by atoms with Crippen LogP contribution in [0.1, 0.15) is 18.3 Å². The minimum absolute atomic E-state index is 0.154. The summed E-state index contributed by atoms with van der Waals surface area (Å²) in [7, 11) is 3.18. The fourth-order valence-electron chi connectivity index (χ4n) is 2.69. The average molecular weight is 273 g/mol. The first kappa shape index (κ1) is 12.8. The van der Waals surface area contributed by atoms with Gasteiger partial charge in [0.1, 0.15) is 5.82 Å². The lowest BCUT2D eigenvalue weighted by Gasteiger charge is -2.21. The van der Waals surface area contributed by atoms with Crippen LogP contribution in [0.15, 0.2) is 16.9 Å². The molecule has 0 spiro atoms. The molecule has 1 aromatic carbocycles. The van der Waals surface area contributed by atoms with Crippen LogP contribution < -0.4 is 10.5 Å². The summed E-state index contributed by atoms with van der Waals surface area (Å²) < 4.78 is 5.41. The van der Waals surface area contributed by atoms with E-state index >= 15 is 0 Å². The number of nitrogens with zero attached hydrogens (tertiary/aromatic N) is 2. The Morgan fingerprint density at radius 2 is 2.05 bits per heavy atom. The van der Waals surface area contributed by atoms with E-state index in [0.717, 1.165) is 5.56 Å². The quantitative estimate of drug-likeness (QED) is 0.843. The third-order valence-corrected chi connectivity index (χ3v) is 3.94. The topological polar surface area (TPSA) is 75.3 Å². The molecule has 0 fully saturated rings. The monoisotopic (exact) mass is 273 g/mol. The lowest BCUT2D eigenvalue weighted by Crippen LogP contribution is -2.37. The molecule has 1 aliphatic rings. The second-order valence-corrected chi connectivity index (χ2v) is 5.14. The van der Waals surface area contributed by atoms with Gasteiger partial charge in [-0.2, -0.15) is 0 Å². The molecule has 1 unspecified atom stereocenters. The number of aromatic nitrogens is 2. The Kier molecular flexibility index (Phi) is 2.49. The molecule has 0 saturated carbocycles. The van der Waals surface area contributed by atoms with Crippen LogP contribution >= 0.6 is 0 Å². The van der Waals surface area contributed by atoms with Crippen LogP contribution in [0.5, 0.6) is 0 Å². The van der Waals surface area contributed by atoms with Crippen LogP contribution in [-0.2, 0) is 15.1 Å². The van der Waals surface area contributed by atoms with Crippen molar-refractivity contribution in [3.8, 4) is 0 Å². The van der Waals surface area contributed by atoms with Gasteiger partial charge in [0.2, 0.25) is 0 Å². The maximum absolute atomic E-state index is 12.3. The molecule has 6 heteroatoms. The molecule has 0 bridgehead atoms. The van der Waals surface area contributed by atoms with Crippen LogP contribution in [0.3, 0.4) is 0 Å². The Morgan fingerprint density at radius 1 is 1.35 bits per heavy atom. The summed E-state index contributed by atoms with van der Waals surface area (Å²) in [4.78, 5) is 32.8. The van der Waals surface area contributed by atoms with E-state index in [9.17, 15) is 9.59 Å². The van der Waals surface area contributed by atoms with E-state index in [0.29, 0.717) is 22.4 Å². The number of hydrogen-bond donors (Lipinski definition) is 1. The van der Waals surface area contributed by atoms with Crippen molar-refractivity contribution >= 4 is 22.5 Å². The van der Waals surface area contributed by atoms with Gasteiger partial charge in [-0.1, -0.05) is 0 Å². The highest BCUT2D eigenvalue weighted by molar-refractivity contribution is 6.08. The normalized spacial score (nSPS) is 21.6. The zero-order valence-corrected chi connectivity index (χ0v) is 11.8. The smallest absolute Gasteiger partial charge is 0.263 e. The number of nitrogens with one attached hydrogen (secondary N) is 1. The first-order chi connectivity index (χ1) is 9.38. The Morgan fingerprint density at radius 3 is 2.70 bits per heavy atom. The number of aryl methyl sites for hydroxylation is 1. The van der Waals surface area contributed by atoms with Gasteiger partial charge in [0, 0.05) is 19.7 Å². The molecular weight excluding hydrogens is 258 g/mol. The number of carbonyl (C=O) groups excluding carboxylic acids is 1. The zero-order chi connectivity index (χ0) is 14.7. The van der Waals surface area contributed by atoms with E-state index in [1.165, 1.54) is 12.0 Å². The number of aromatic amines is 1. The lowest BCUT2D eigenvalue weighted by molar-refractivity contribution is -0.137. The predicted octanol–water partition coefficient (Wildman–Crippen LogP) is 1.07. The predicted molar refractivity (Wildman–Crippen MR) is 74.9 cm³/mol. The Balaban J connectivity index is 2.41. The van der Waals surface area contributed by atoms with Crippen molar-refractivity contribution in [1.82, 2.24) is 9.97 Å². The summed E-state index contributed by atoms with van der Waals surface area (Å²) >= 11 is 0. The number of ether oxygens (including phenoxy) is 1. The summed E-state index contributed by atoms with van der Waals surface area (Å²) in [5, 5.41) is 0.467. The molecule has 3 rings (SSSR count). The SMILES string of the molecule is COC1(C)C(=O)N(C)c2cc3c(=O)[nH]c(C)nc3cc21. The number of fused-ring (bicyclic) bond motifs is 2. The molecule has 2 heterocycles. The standard InChI is InChI=1S/C14H15N3O3/c1-7-15-10-6-9-11(5-8(10)12(18)16-7)17(3)13(19)14(9,2)20-4/h5-6H,1-4H3,(H,15,16,18). The number of hydrogen-bond acceptors (Lipinski definition) is 4. The summed E-state index contributed by atoms with van der Waals surface area (Å²) in [6.45, 7) is 3.45. The fourth-order valence-corrected chi connectivity index (χ4v) is 2.69. The van der Waals surface area contributed by atoms with Crippen LogP contribution in [0.4, 0.5) is 5.69 Å². The van der Waals surface area contributed by atoms with Gasteiger partial charge in [-0.25, -0.2) is 4.98 Å². The van der Waals surface area contributed by atoms with Gasteiger partial charge < -0.3 is 14.6 Å². The third-order valence-electron chi connectivity index (χ3n) is 3.94. The van der Waals surface area contributed by atoms with Crippen molar-refractivity contribution in [3.63, 3.8) is 0 Å².